The number of hydrogen-bond acceptors (Lipinski definition) is 5. The molecule has 0 radical (unpaired) electrons. The summed E-state index contributed by atoms with van der Waals surface area (Å²) >= 11 is 0. The maximum absolute atomic E-state index is 11.5. The first-order chi connectivity index (χ1) is 10.9. The molecule has 0 aliphatic rings. The lowest BCUT2D eigenvalue weighted by Crippen LogP contribution is -2.35. The second-order valence-corrected chi connectivity index (χ2v) is 6.21. The predicted octanol–water partition coefficient (Wildman–Crippen LogP) is 2.31. The van der Waals surface area contributed by atoms with Gasteiger partial charge in [0.2, 0.25) is 0 Å². The minimum Gasteiger partial charge on any atom is -0.491 e. The minimum atomic E-state index is -0.539. The summed E-state index contributed by atoms with van der Waals surface area (Å²) in [6.07, 6.45) is 0.405. The van der Waals surface area contributed by atoms with Gasteiger partial charge < -0.3 is 19.9 Å². The summed E-state index contributed by atoms with van der Waals surface area (Å²) in [5, 5.41) is 12.9. The van der Waals surface area contributed by atoms with Crippen molar-refractivity contribution >= 4 is 5.97 Å². The molecular weight excluding hydrogens is 294 g/mol. The highest BCUT2D eigenvalue weighted by Gasteiger charge is 2.07. The van der Waals surface area contributed by atoms with Gasteiger partial charge in [0.05, 0.1) is 6.10 Å². The van der Waals surface area contributed by atoms with E-state index < -0.39 is 6.10 Å². The largest absolute Gasteiger partial charge is 0.491 e. The Labute approximate surface area is 139 Å². The molecule has 5 heteroatoms. The van der Waals surface area contributed by atoms with Crippen molar-refractivity contribution in [2.24, 2.45) is 0 Å². The highest BCUT2D eigenvalue weighted by atomic mass is 16.5. The summed E-state index contributed by atoms with van der Waals surface area (Å²) in [5.41, 5.74) is 1.06. The minimum absolute atomic E-state index is 0.0742. The molecule has 23 heavy (non-hydrogen) atoms. The highest BCUT2D eigenvalue weighted by molar-refractivity contribution is 5.69. The van der Waals surface area contributed by atoms with E-state index in [9.17, 15) is 9.90 Å². The number of nitrogens with one attached hydrogen (secondary N) is 1. The molecule has 1 aromatic carbocycles. The summed E-state index contributed by atoms with van der Waals surface area (Å²) in [7, 11) is 0. The van der Waals surface area contributed by atoms with E-state index in [1.165, 1.54) is 0 Å². The van der Waals surface area contributed by atoms with Gasteiger partial charge in [-0.1, -0.05) is 26.0 Å². The molecule has 1 aromatic rings. The van der Waals surface area contributed by atoms with Crippen LogP contribution in [0.2, 0.25) is 0 Å². The third-order valence-corrected chi connectivity index (χ3v) is 3.11. The molecule has 130 valence electrons. The molecule has 0 heterocycles. The van der Waals surface area contributed by atoms with E-state index in [0.29, 0.717) is 31.2 Å². The fourth-order valence-electron chi connectivity index (χ4n) is 1.94. The molecule has 0 spiro atoms. The molecule has 0 saturated carbocycles. The van der Waals surface area contributed by atoms with Crippen LogP contribution in [0, 0.1) is 0 Å². The summed E-state index contributed by atoms with van der Waals surface area (Å²) < 4.78 is 10.7. The zero-order valence-corrected chi connectivity index (χ0v) is 14.5. The second kappa shape index (κ2) is 10.2. The van der Waals surface area contributed by atoms with Crippen molar-refractivity contribution in [2.75, 3.05) is 13.2 Å². The molecule has 0 amide bonds. The lowest BCUT2D eigenvalue weighted by Gasteiger charge is -2.15. The van der Waals surface area contributed by atoms with Crippen LogP contribution in [0.3, 0.4) is 0 Å². The number of esters is 1. The molecule has 0 aliphatic carbocycles. The van der Waals surface area contributed by atoms with E-state index in [1.54, 1.807) is 0 Å². The van der Waals surface area contributed by atoms with Gasteiger partial charge in [0.25, 0.3) is 0 Å². The fraction of sp³-hybridized carbons (Fsp3) is 0.611. The van der Waals surface area contributed by atoms with E-state index in [-0.39, 0.29) is 18.7 Å². The van der Waals surface area contributed by atoms with Crippen LogP contribution in [-0.2, 0) is 16.0 Å². The van der Waals surface area contributed by atoms with Crippen LogP contribution in [0.5, 0.6) is 5.75 Å². The maximum Gasteiger partial charge on any atom is 0.306 e. The van der Waals surface area contributed by atoms with Crippen molar-refractivity contribution in [2.45, 2.75) is 58.8 Å². The molecule has 0 bridgehead atoms. The molecule has 0 fully saturated rings. The van der Waals surface area contributed by atoms with Crippen LogP contribution in [0.15, 0.2) is 24.3 Å². The molecule has 1 atom stereocenters. The SMILES string of the molecule is CC(C)NCC(O)COc1ccc(CCC(=O)OC(C)C)cc1. The molecular formula is C18H29NO4. The number of carbonyl (C=O) groups excluding carboxylic acids is 1. The zero-order chi connectivity index (χ0) is 17.2. The quantitative estimate of drug-likeness (QED) is 0.647. The van der Waals surface area contributed by atoms with Crippen molar-refractivity contribution in [3.8, 4) is 5.75 Å². The number of rotatable bonds is 10. The average Bonchev–Trinajstić information content (AvgIpc) is 2.49. The van der Waals surface area contributed by atoms with Gasteiger partial charge in [-0.05, 0) is 38.0 Å². The lowest BCUT2D eigenvalue weighted by atomic mass is 10.1. The Kier molecular flexibility index (Phi) is 8.66. The Morgan fingerprint density at radius 3 is 2.39 bits per heavy atom. The molecule has 1 unspecified atom stereocenters. The predicted molar refractivity (Wildman–Crippen MR) is 90.6 cm³/mol. The van der Waals surface area contributed by atoms with Crippen molar-refractivity contribution < 1.29 is 19.4 Å². The van der Waals surface area contributed by atoms with Crippen molar-refractivity contribution in [3.63, 3.8) is 0 Å². The Morgan fingerprint density at radius 1 is 1.17 bits per heavy atom. The Morgan fingerprint density at radius 2 is 1.83 bits per heavy atom. The van der Waals surface area contributed by atoms with E-state index in [4.69, 9.17) is 9.47 Å². The Hall–Kier alpha value is -1.59. The standard InChI is InChI=1S/C18H29NO4/c1-13(2)19-11-16(20)12-22-17-8-5-15(6-9-17)7-10-18(21)23-14(3)4/h5-6,8-9,13-14,16,19-20H,7,10-12H2,1-4H3. The molecule has 2 N–H and O–H groups in total. The van der Waals surface area contributed by atoms with Gasteiger partial charge in [0.15, 0.2) is 0 Å². The smallest absolute Gasteiger partial charge is 0.306 e. The first kappa shape index (κ1) is 19.5. The number of hydrogen-bond donors (Lipinski definition) is 2. The lowest BCUT2D eigenvalue weighted by molar-refractivity contribution is -0.147. The molecule has 0 aliphatic heterocycles. The highest BCUT2D eigenvalue weighted by Crippen LogP contribution is 2.14. The second-order valence-electron chi connectivity index (χ2n) is 6.21. The third-order valence-electron chi connectivity index (χ3n) is 3.11. The Balaban J connectivity index is 2.31. The first-order valence-electron chi connectivity index (χ1n) is 8.19. The van der Waals surface area contributed by atoms with Gasteiger partial charge in [-0.25, -0.2) is 0 Å². The van der Waals surface area contributed by atoms with Gasteiger partial charge >= 0.3 is 5.97 Å². The topological polar surface area (TPSA) is 67.8 Å². The van der Waals surface area contributed by atoms with Gasteiger partial charge in [-0.3, -0.25) is 4.79 Å². The molecule has 5 nitrogen and oxygen atoms in total. The monoisotopic (exact) mass is 323 g/mol. The summed E-state index contributed by atoms with van der Waals surface area (Å²) in [6, 6.07) is 7.90. The van der Waals surface area contributed by atoms with Crippen LogP contribution in [0.1, 0.15) is 39.7 Å². The number of ether oxygens (including phenoxy) is 2. The van der Waals surface area contributed by atoms with Gasteiger partial charge in [0.1, 0.15) is 18.5 Å². The average molecular weight is 323 g/mol. The van der Waals surface area contributed by atoms with Crippen LogP contribution >= 0.6 is 0 Å². The van der Waals surface area contributed by atoms with E-state index in [1.807, 2.05) is 52.0 Å². The summed E-state index contributed by atoms with van der Waals surface area (Å²) in [5.74, 6) is 0.531. The molecule has 0 aromatic heterocycles. The first-order valence-corrected chi connectivity index (χ1v) is 8.19. The number of carbonyl (C=O) groups is 1. The molecule has 1 rings (SSSR count). The summed E-state index contributed by atoms with van der Waals surface area (Å²) in [6.45, 7) is 8.50. The number of aliphatic hydroxyl groups excluding tert-OH is 1. The molecule has 0 saturated heterocycles. The Bertz CT molecular complexity index is 457. The third kappa shape index (κ3) is 9.21. The van der Waals surface area contributed by atoms with E-state index in [2.05, 4.69) is 5.32 Å². The number of aliphatic hydroxyl groups is 1. The summed E-state index contributed by atoms with van der Waals surface area (Å²) in [4.78, 5) is 11.5. The van der Waals surface area contributed by atoms with Crippen molar-refractivity contribution in [3.05, 3.63) is 29.8 Å². The van der Waals surface area contributed by atoms with Crippen LogP contribution in [0.25, 0.3) is 0 Å². The van der Waals surface area contributed by atoms with Crippen molar-refractivity contribution in [1.82, 2.24) is 5.32 Å². The normalized spacial score (nSPS) is 12.5. The van der Waals surface area contributed by atoms with E-state index in [0.717, 1.165) is 5.56 Å². The van der Waals surface area contributed by atoms with Crippen LogP contribution < -0.4 is 10.1 Å². The van der Waals surface area contributed by atoms with Crippen molar-refractivity contribution in [1.29, 1.82) is 0 Å². The number of benzene rings is 1. The van der Waals surface area contributed by atoms with Gasteiger partial charge in [0, 0.05) is 19.0 Å². The van der Waals surface area contributed by atoms with Gasteiger partial charge in [-0.15, -0.1) is 0 Å². The van der Waals surface area contributed by atoms with E-state index >= 15 is 0 Å². The fourth-order valence-corrected chi connectivity index (χ4v) is 1.94. The van der Waals surface area contributed by atoms with Crippen LogP contribution in [0.4, 0.5) is 0 Å². The zero-order valence-electron chi connectivity index (χ0n) is 14.5. The number of aryl methyl sites for hydroxylation is 1. The van der Waals surface area contributed by atoms with Gasteiger partial charge in [-0.2, -0.15) is 0 Å². The van der Waals surface area contributed by atoms with Crippen LogP contribution in [-0.4, -0.2) is 42.5 Å². The maximum atomic E-state index is 11.5.